The fraction of sp³-hybridized carbons (Fsp3) is 1.00. The van der Waals surface area contributed by atoms with E-state index in [-0.39, 0.29) is 19.3 Å². The Labute approximate surface area is 54.3 Å². The van der Waals surface area contributed by atoms with Gasteiger partial charge in [-0.15, -0.1) is 0 Å². The number of likely N-dealkylation sites (tertiary alicyclic amines) is 1. The lowest BCUT2D eigenvalue weighted by Gasteiger charge is -2.39. The molecule has 54 valence electrons. The smallest absolute Gasteiger partial charge is 0.102 e. The average molecular weight is 133 g/mol. The van der Waals surface area contributed by atoms with Crippen molar-refractivity contribution in [3.8, 4) is 0 Å². The van der Waals surface area contributed by atoms with Gasteiger partial charge < -0.3 is 5.11 Å². The maximum Gasteiger partial charge on any atom is 0.102 e. The van der Waals surface area contributed by atoms with Crippen molar-refractivity contribution in [1.29, 1.82) is 0 Å². The third-order valence-corrected chi connectivity index (χ3v) is 1.85. The Kier molecular flexibility index (Phi) is 2.42. The molecule has 0 aliphatic carbocycles. The van der Waals surface area contributed by atoms with Crippen LogP contribution in [0.1, 0.15) is 6.42 Å². The van der Waals surface area contributed by atoms with Crippen LogP contribution in [0.2, 0.25) is 0 Å². The van der Waals surface area contributed by atoms with E-state index < -0.39 is 0 Å². The van der Waals surface area contributed by atoms with Crippen LogP contribution in [0.3, 0.4) is 0 Å². The minimum absolute atomic E-state index is 0.181. The van der Waals surface area contributed by atoms with E-state index in [9.17, 15) is 4.39 Å². The van der Waals surface area contributed by atoms with Gasteiger partial charge in [0.25, 0.3) is 0 Å². The summed E-state index contributed by atoms with van der Waals surface area (Å²) >= 11 is 0. The van der Waals surface area contributed by atoms with Crippen molar-refractivity contribution < 1.29 is 9.50 Å². The molecule has 0 spiro atoms. The molecule has 0 amide bonds. The van der Waals surface area contributed by atoms with E-state index in [0.29, 0.717) is 6.54 Å². The Hall–Kier alpha value is -0.150. The number of alkyl halides is 1. The van der Waals surface area contributed by atoms with E-state index in [4.69, 9.17) is 5.11 Å². The fourth-order valence-corrected chi connectivity index (χ4v) is 1.10. The van der Waals surface area contributed by atoms with E-state index >= 15 is 0 Å². The predicted molar refractivity (Wildman–Crippen MR) is 33.0 cm³/mol. The summed E-state index contributed by atoms with van der Waals surface area (Å²) in [6.07, 6.45) is 1.02. The molecular weight excluding hydrogens is 121 g/mol. The molecule has 1 rings (SSSR count). The summed E-state index contributed by atoms with van der Waals surface area (Å²) in [5, 5.41) is 8.62. The highest BCUT2D eigenvalue weighted by atomic mass is 19.1. The Morgan fingerprint density at radius 3 is 2.78 bits per heavy atom. The lowest BCUT2D eigenvalue weighted by atomic mass is 10.1. The maximum absolute atomic E-state index is 11.7. The number of halogens is 1. The van der Waals surface area contributed by atoms with Crippen LogP contribution in [-0.2, 0) is 0 Å². The molecule has 0 radical (unpaired) electrons. The monoisotopic (exact) mass is 133 g/mol. The van der Waals surface area contributed by atoms with Gasteiger partial charge in [0.2, 0.25) is 0 Å². The second-order valence-corrected chi connectivity index (χ2v) is 2.35. The molecule has 1 saturated heterocycles. The summed E-state index contributed by atoms with van der Waals surface area (Å²) in [7, 11) is 0. The molecule has 0 aromatic carbocycles. The summed E-state index contributed by atoms with van der Waals surface area (Å²) in [6, 6.07) is 0.251. The van der Waals surface area contributed by atoms with Crippen molar-refractivity contribution >= 4 is 0 Å². The molecule has 2 nitrogen and oxygen atoms in total. The second-order valence-electron chi connectivity index (χ2n) is 2.35. The number of hydrogen-bond donors (Lipinski definition) is 1. The third-order valence-electron chi connectivity index (χ3n) is 1.85. The zero-order valence-corrected chi connectivity index (χ0v) is 5.39. The van der Waals surface area contributed by atoms with Gasteiger partial charge in [0.05, 0.1) is 6.61 Å². The number of hydrogen-bond acceptors (Lipinski definition) is 2. The lowest BCUT2D eigenvalue weighted by molar-refractivity contribution is 0.0379. The summed E-state index contributed by atoms with van der Waals surface area (Å²) < 4.78 is 11.7. The van der Waals surface area contributed by atoms with Gasteiger partial charge in [-0.2, -0.15) is 0 Å². The highest BCUT2D eigenvalue weighted by Crippen LogP contribution is 2.15. The Morgan fingerprint density at radius 1 is 1.67 bits per heavy atom. The standard InChI is InChI=1S/C6H12FNO/c7-2-4-8-3-1-6(8)5-9/h6,9H,1-5H2/t6-/m0/s1. The van der Waals surface area contributed by atoms with Crippen LogP contribution in [0.25, 0.3) is 0 Å². The van der Waals surface area contributed by atoms with Gasteiger partial charge in [0.15, 0.2) is 0 Å². The highest BCUT2D eigenvalue weighted by molar-refractivity contribution is 4.81. The number of aliphatic hydroxyl groups excluding tert-OH is 1. The average Bonchev–Trinajstić information content (AvgIpc) is 1.82. The normalized spacial score (nSPS) is 28.0. The summed E-state index contributed by atoms with van der Waals surface area (Å²) in [5.74, 6) is 0. The summed E-state index contributed by atoms with van der Waals surface area (Å²) in [5.41, 5.74) is 0. The van der Waals surface area contributed by atoms with Crippen LogP contribution in [0, 0.1) is 0 Å². The Morgan fingerprint density at radius 2 is 2.44 bits per heavy atom. The van der Waals surface area contributed by atoms with Crippen molar-refractivity contribution in [3.63, 3.8) is 0 Å². The molecule has 0 aromatic rings. The lowest BCUT2D eigenvalue weighted by Crippen LogP contribution is -2.50. The Balaban J connectivity index is 2.11. The minimum atomic E-state index is -0.295. The van der Waals surface area contributed by atoms with Crippen LogP contribution < -0.4 is 0 Å². The molecule has 1 heterocycles. The second kappa shape index (κ2) is 3.13. The molecule has 1 aliphatic rings. The zero-order chi connectivity index (χ0) is 6.69. The predicted octanol–water partition coefficient (Wildman–Crippen LogP) is 0.0225. The number of nitrogens with zero attached hydrogens (tertiary/aromatic N) is 1. The van der Waals surface area contributed by atoms with Crippen LogP contribution in [0.5, 0.6) is 0 Å². The van der Waals surface area contributed by atoms with Crippen LogP contribution in [-0.4, -0.2) is 42.4 Å². The van der Waals surface area contributed by atoms with E-state index in [0.717, 1.165) is 13.0 Å². The zero-order valence-electron chi connectivity index (χ0n) is 5.39. The molecule has 1 fully saturated rings. The molecular formula is C6H12FNO. The molecule has 3 heteroatoms. The van der Waals surface area contributed by atoms with E-state index in [1.807, 2.05) is 4.90 Å². The molecule has 1 atom stereocenters. The largest absolute Gasteiger partial charge is 0.395 e. The van der Waals surface area contributed by atoms with E-state index in [2.05, 4.69) is 0 Å². The fourth-order valence-electron chi connectivity index (χ4n) is 1.10. The first-order valence-electron chi connectivity index (χ1n) is 3.29. The Bertz CT molecular complexity index is 87.1. The molecule has 0 saturated carbocycles. The van der Waals surface area contributed by atoms with E-state index in [1.54, 1.807) is 0 Å². The topological polar surface area (TPSA) is 23.5 Å². The van der Waals surface area contributed by atoms with Crippen molar-refractivity contribution in [2.75, 3.05) is 26.4 Å². The van der Waals surface area contributed by atoms with E-state index in [1.165, 1.54) is 0 Å². The van der Waals surface area contributed by atoms with Crippen LogP contribution in [0.4, 0.5) is 4.39 Å². The first kappa shape index (κ1) is 6.96. The molecule has 0 bridgehead atoms. The molecule has 1 aliphatic heterocycles. The van der Waals surface area contributed by atoms with Crippen LogP contribution in [0.15, 0.2) is 0 Å². The van der Waals surface area contributed by atoms with Gasteiger partial charge >= 0.3 is 0 Å². The van der Waals surface area contributed by atoms with Gasteiger partial charge in [0, 0.05) is 19.1 Å². The first-order valence-corrected chi connectivity index (χ1v) is 3.29. The van der Waals surface area contributed by atoms with Gasteiger partial charge in [0.1, 0.15) is 6.67 Å². The first-order chi connectivity index (χ1) is 4.38. The van der Waals surface area contributed by atoms with Gasteiger partial charge in [-0.05, 0) is 6.42 Å². The van der Waals surface area contributed by atoms with Crippen molar-refractivity contribution in [3.05, 3.63) is 0 Å². The van der Waals surface area contributed by atoms with Gasteiger partial charge in [-0.1, -0.05) is 0 Å². The molecule has 9 heavy (non-hydrogen) atoms. The van der Waals surface area contributed by atoms with Gasteiger partial charge in [-0.3, -0.25) is 4.90 Å². The van der Waals surface area contributed by atoms with Crippen molar-refractivity contribution in [2.45, 2.75) is 12.5 Å². The third kappa shape index (κ3) is 1.40. The molecule has 1 N–H and O–H groups in total. The quantitative estimate of drug-likeness (QED) is 0.586. The minimum Gasteiger partial charge on any atom is -0.395 e. The molecule has 0 aromatic heterocycles. The number of aliphatic hydroxyl groups is 1. The van der Waals surface area contributed by atoms with Crippen LogP contribution >= 0.6 is 0 Å². The maximum atomic E-state index is 11.7. The van der Waals surface area contributed by atoms with Gasteiger partial charge in [-0.25, -0.2) is 4.39 Å². The highest BCUT2D eigenvalue weighted by Gasteiger charge is 2.25. The summed E-state index contributed by atoms with van der Waals surface area (Å²) in [6.45, 7) is 1.33. The van der Waals surface area contributed by atoms with Crippen molar-refractivity contribution in [2.24, 2.45) is 0 Å². The molecule has 0 unspecified atom stereocenters. The summed E-state index contributed by atoms with van der Waals surface area (Å²) in [4.78, 5) is 1.96. The number of rotatable bonds is 3. The van der Waals surface area contributed by atoms with Crippen molar-refractivity contribution in [1.82, 2.24) is 4.90 Å². The SMILES string of the molecule is OC[C@@H]1CCN1CCF.